The van der Waals surface area contributed by atoms with E-state index in [0.29, 0.717) is 23.1 Å². The molecule has 0 radical (unpaired) electrons. The smallest absolute Gasteiger partial charge is 0.365 e. The molecule has 26 heavy (non-hydrogen) atoms. The van der Waals surface area contributed by atoms with Crippen LogP contribution in [0, 0.1) is 0 Å². The number of aromatic nitrogens is 1. The van der Waals surface area contributed by atoms with E-state index in [2.05, 4.69) is 11.1 Å². The number of hydrogen-bond acceptors (Lipinski definition) is 2. The Morgan fingerprint density at radius 1 is 1.27 bits per heavy atom. The number of carbonyl (C=O) groups is 1. The van der Waals surface area contributed by atoms with Crippen LogP contribution in [-0.2, 0) is 16.0 Å². The van der Waals surface area contributed by atoms with Crippen LogP contribution in [0.3, 0.4) is 0 Å². The number of halogens is 2. The van der Waals surface area contributed by atoms with Crippen LogP contribution >= 0.6 is 23.2 Å². The van der Waals surface area contributed by atoms with E-state index < -0.39 is 0 Å². The maximum atomic E-state index is 12.5. The zero-order valence-corrected chi connectivity index (χ0v) is 15.8. The Labute approximate surface area is 161 Å². The second kappa shape index (κ2) is 6.95. The number of fused-ring (bicyclic) bond motifs is 3. The molecular formula is C20H19Cl2N2O2+. The van der Waals surface area contributed by atoms with Gasteiger partial charge in [-0.2, -0.15) is 0 Å². The van der Waals surface area contributed by atoms with Gasteiger partial charge >= 0.3 is 5.97 Å². The molecule has 2 heterocycles. The molecule has 6 heteroatoms. The zero-order valence-electron chi connectivity index (χ0n) is 14.3. The summed E-state index contributed by atoms with van der Waals surface area (Å²) in [7, 11) is 0. The van der Waals surface area contributed by atoms with Gasteiger partial charge in [0.2, 0.25) is 0 Å². The quantitative estimate of drug-likeness (QED) is 0.672. The van der Waals surface area contributed by atoms with Gasteiger partial charge in [0.1, 0.15) is 0 Å². The summed E-state index contributed by atoms with van der Waals surface area (Å²) in [4.78, 5) is 16.0. The number of aromatic amines is 1. The molecule has 1 aromatic heterocycles. The maximum absolute atomic E-state index is 12.5. The number of carbonyl (C=O) groups excluding carboxylic acids is 1. The Bertz CT molecular complexity index is 983. The molecule has 0 spiro atoms. The number of ether oxygens (including phenoxy) is 1. The first-order valence-corrected chi connectivity index (χ1v) is 9.40. The van der Waals surface area contributed by atoms with Crippen LogP contribution < -0.4 is 5.32 Å². The molecule has 0 unspecified atom stereocenters. The van der Waals surface area contributed by atoms with Crippen molar-refractivity contribution in [2.24, 2.45) is 0 Å². The van der Waals surface area contributed by atoms with Crippen molar-refractivity contribution >= 4 is 40.1 Å². The van der Waals surface area contributed by atoms with Gasteiger partial charge in [0.15, 0.2) is 12.1 Å². The summed E-state index contributed by atoms with van der Waals surface area (Å²) in [5.74, 6) is -0.196. The van der Waals surface area contributed by atoms with Crippen molar-refractivity contribution in [3.05, 3.63) is 69.3 Å². The van der Waals surface area contributed by atoms with Gasteiger partial charge in [0.25, 0.3) is 0 Å². The molecule has 2 aromatic carbocycles. The minimum atomic E-state index is -0.307. The van der Waals surface area contributed by atoms with Crippen LogP contribution in [0.5, 0.6) is 0 Å². The van der Waals surface area contributed by atoms with Crippen LogP contribution in [0.2, 0.25) is 10.0 Å². The van der Waals surface area contributed by atoms with Gasteiger partial charge in [-0.3, -0.25) is 0 Å². The highest BCUT2D eigenvalue weighted by molar-refractivity contribution is 6.35. The molecule has 1 aliphatic rings. The number of quaternary nitrogens is 1. The number of hydrogen-bond donors (Lipinski definition) is 2. The van der Waals surface area contributed by atoms with Crippen molar-refractivity contribution in [2.75, 3.05) is 6.61 Å². The van der Waals surface area contributed by atoms with Gasteiger partial charge < -0.3 is 15.0 Å². The molecule has 3 N–H and O–H groups in total. The number of esters is 1. The van der Waals surface area contributed by atoms with E-state index in [-0.39, 0.29) is 18.1 Å². The fourth-order valence-electron chi connectivity index (χ4n) is 3.75. The predicted octanol–water partition coefficient (Wildman–Crippen LogP) is 3.62. The van der Waals surface area contributed by atoms with E-state index >= 15 is 0 Å². The molecule has 0 aliphatic carbocycles. The first-order chi connectivity index (χ1) is 12.6. The fourth-order valence-corrected chi connectivity index (χ4v) is 4.27. The molecule has 2 atom stereocenters. The van der Waals surface area contributed by atoms with E-state index in [1.165, 1.54) is 0 Å². The third-order valence-corrected chi connectivity index (χ3v) is 5.46. The lowest BCUT2D eigenvalue weighted by Gasteiger charge is -2.27. The average molecular weight is 390 g/mol. The summed E-state index contributed by atoms with van der Waals surface area (Å²) in [6.07, 6.45) is 0.625. The van der Waals surface area contributed by atoms with Gasteiger partial charge in [-0.15, -0.1) is 0 Å². The number of rotatable bonds is 3. The Morgan fingerprint density at radius 3 is 2.85 bits per heavy atom. The van der Waals surface area contributed by atoms with Gasteiger partial charge in [-0.1, -0.05) is 41.4 Å². The minimum Gasteiger partial charge on any atom is -0.462 e. The lowest BCUT2D eigenvalue weighted by atomic mass is 9.90. The molecule has 3 aromatic rings. The summed E-state index contributed by atoms with van der Waals surface area (Å²) in [5, 5.41) is 4.35. The van der Waals surface area contributed by atoms with E-state index in [9.17, 15) is 4.79 Å². The molecule has 134 valence electrons. The third kappa shape index (κ3) is 2.98. The SMILES string of the molecule is CCOC(=O)[C@@H]1Cc2c([nH]c3ccccc23)[C@@H](c2ccc(Cl)cc2Cl)[NH2+]1. The van der Waals surface area contributed by atoms with Crippen LogP contribution in [0.15, 0.2) is 42.5 Å². The highest BCUT2D eigenvalue weighted by Crippen LogP contribution is 2.35. The van der Waals surface area contributed by atoms with Crippen molar-refractivity contribution in [1.82, 2.24) is 4.98 Å². The van der Waals surface area contributed by atoms with E-state index in [1.54, 1.807) is 6.07 Å². The van der Waals surface area contributed by atoms with E-state index in [0.717, 1.165) is 27.7 Å². The van der Waals surface area contributed by atoms with Crippen LogP contribution in [0.1, 0.15) is 29.8 Å². The molecular weight excluding hydrogens is 371 g/mol. The van der Waals surface area contributed by atoms with Crippen LogP contribution in [0.4, 0.5) is 0 Å². The summed E-state index contributed by atoms with van der Waals surface area (Å²) < 4.78 is 5.28. The Balaban J connectivity index is 1.86. The fraction of sp³-hybridized carbons (Fsp3) is 0.250. The molecule has 0 fully saturated rings. The predicted molar refractivity (Wildman–Crippen MR) is 103 cm³/mol. The van der Waals surface area contributed by atoms with Gasteiger partial charge in [-0.25, -0.2) is 4.79 Å². The lowest BCUT2D eigenvalue weighted by molar-refractivity contribution is -0.712. The summed E-state index contributed by atoms with van der Waals surface area (Å²) in [6.45, 7) is 2.20. The van der Waals surface area contributed by atoms with Gasteiger partial charge in [0, 0.05) is 27.9 Å². The molecule has 0 saturated heterocycles. The van der Waals surface area contributed by atoms with Crippen molar-refractivity contribution in [2.45, 2.75) is 25.4 Å². The lowest BCUT2D eigenvalue weighted by Crippen LogP contribution is -2.94. The van der Waals surface area contributed by atoms with Crippen molar-refractivity contribution in [3.63, 3.8) is 0 Å². The average Bonchev–Trinajstić information content (AvgIpc) is 3.00. The Kier molecular flexibility index (Phi) is 4.65. The molecule has 4 rings (SSSR count). The number of nitrogens with two attached hydrogens (primary N) is 1. The zero-order chi connectivity index (χ0) is 18.3. The largest absolute Gasteiger partial charge is 0.462 e. The summed E-state index contributed by atoms with van der Waals surface area (Å²) in [5.41, 5.74) is 4.22. The molecule has 0 bridgehead atoms. The Hall–Kier alpha value is -2.01. The van der Waals surface area contributed by atoms with Gasteiger partial charge in [0.05, 0.1) is 17.3 Å². The molecule has 0 amide bonds. The monoisotopic (exact) mass is 389 g/mol. The molecule has 1 aliphatic heterocycles. The van der Waals surface area contributed by atoms with Crippen molar-refractivity contribution in [1.29, 1.82) is 0 Å². The number of benzene rings is 2. The Morgan fingerprint density at radius 2 is 2.08 bits per heavy atom. The first kappa shape index (κ1) is 17.4. The van der Waals surface area contributed by atoms with Crippen LogP contribution in [0.25, 0.3) is 10.9 Å². The number of H-pyrrole nitrogens is 1. The van der Waals surface area contributed by atoms with E-state index in [4.69, 9.17) is 27.9 Å². The van der Waals surface area contributed by atoms with Gasteiger partial charge in [-0.05, 0) is 36.8 Å². The number of para-hydroxylation sites is 1. The molecule has 4 nitrogen and oxygen atoms in total. The highest BCUT2D eigenvalue weighted by Gasteiger charge is 2.39. The second-order valence-corrected chi connectivity index (χ2v) is 7.31. The topological polar surface area (TPSA) is 58.7 Å². The minimum absolute atomic E-state index is 0.120. The maximum Gasteiger partial charge on any atom is 0.365 e. The second-order valence-electron chi connectivity index (χ2n) is 6.46. The summed E-state index contributed by atoms with van der Waals surface area (Å²) >= 11 is 12.5. The normalized spacial score (nSPS) is 19.3. The van der Waals surface area contributed by atoms with Crippen molar-refractivity contribution in [3.8, 4) is 0 Å². The summed E-state index contributed by atoms with van der Waals surface area (Å²) in [6, 6.07) is 13.2. The van der Waals surface area contributed by atoms with Crippen LogP contribution in [-0.4, -0.2) is 23.6 Å². The third-order valence-electron chi connectivity index (χ3n) is 4.89. The standard InChI is InChI=1S/C20H18Cl2N2O2/c1-2-26-20(25)17-10-14-12-5-3-4-6-16(12)23-19(14)18(24-17)13-8-7-11(21)9-15(13)22/h3-9,17-18,23-24H,2,10H2,1H3/p+1/t17-,18+/m0/s1. The first-order valence-electron chi connectivity index (χ1n) is 8.64. The van der Waals surface area contributed by atoms with E-state index in [1.807, 2.05) is 42.6 Å². The molecule has 0 saturated carbocycles. The highest BCUT2D eigenvalue weighted by atomic mass is 35.5. The van der Waals surface area contributed by atoms with Crippen molar-refractivity contribution < 1.29 is 14.8 Å². The number of nitrogens with one attached hydrogen (secondary N) is 1.